The summed E-state index contributed by atoms with van der Waals surface area (Å²) in [5.74, 6) is -0.372. The molecule has 1 fully saturated rings. The van der Waals surface area contributed by atoms with E-state index in [0.717, 1.165) is 37.7 Å². The minimum absolute atomic E-state index is 0.0172. The van der Waals surface area contributed by atoms with Gasteiger partial charge in [-0.3, -0.25) is 4.79 Å². The highest BCUT2D eigenvalue weighted by Crippen LogP contribution is 2.36. The Balaban J connectivity index is 1.62. The van der Waals surface area contributed by atoms with Crippen molar-refractivity contribution in [3.63, 3.8) is 0 Å². The Hall–Kier alpha value is -3.45. The maximum atomic E-state index is 13.4. The molecular formula is C26H30N4O3. The molecule has 1 saturated carbocycles. The molecule has 0 saturated heterocycles. The lowest BCUT2D eigenvalue weighted by atomic mass is 9.73. The quantitative estimate of drug-likeness (QED) is 0.415. The van der Waals surface area contributed by atoms with Crippen LogP contribution in [0.2, 0.25) is 0 Å². The number of imidazole rings is 1. The first-order chi connectivity index (χ1) is 16.0. The molecule has 1 unspecified atom stereocenters. The van der Waals surface area contributed by atoms with Crippen molar-refractivity contribution in [2.24, 2.45) is 11.1 Å². The molecule has 3 aromatic rings. The maximum Gasteiger partial charge on any atom is 0.335 e. The molecule has 33 heavy (non-hydrogen) atoms. The van der Waals surface area contributed by atoms with E-state index < -0.39 is 11.4 Å². The number of nitrogens with one attached hydrogen (secondary N) is 2. The second-order valence-electron chi connectivity index (χ2n) is 8.82. The third-order valence-electron chi connectivity index (χ3n) is 6.60. The molecule has 0 radical (unpaired) electrons. The lowest BCUT2D eigenvalue weighted by Gasteiger charge is -2.35. The molecule has 172 valence electrons. The number of H-pyrrole nitrogens is 1. The van der Waals surface area contributed by atoms with Gasteiger partial charge in [-0.05, 0) is 37.0 Å². The smallest absolute Gasteiger partial charge is 0.335 e. The van der Waals surface area contributed by atoms with Crippen molar-refractivity contribution in [3.05, 3.63) is 77.7 Å². The topological polar surface area (TPSA) is 121 Å². The molecule has 1 atom stereocenters. The fourth-order valence-corrected chi connectivity index (χ4v) is 4.60. The zero-order valence-electron chi connectivity index (χ0n) is 18.6. The highest BCUT2D eigenvalue weighted by atomic mass is 16.4. The van der Waals surface area contributed by atoms with E-state index in [1.165, 1.54) is 0 Å². The number of carbonyl (C=O) groups excluding carboxylic acids is 1. The van der Waals surface area contributed by atoms with Crippen molar-refractivity contribution >= 4 is 11.9 Å². The number of nitrogens with two attached hydrogens (primary N) is 1. The average Bonchev–Trinajstić information content (AvgIpc) is 3.35. The number of nitrogens with zero attached hydrogens (tertiary/aromatic N) is 1. The first-order valence-corrected chi connectivity index (χ1v) is 11.4. The summed E-state index contributed by atoms with van der Waals surface area (Å²) in [5, 5.41) is 12.5. The molecule has 7 heteroatoms. The molecule has 1 heterocycles. The van der Waals surface area contributed by atoms with E-state index in [1.54, 1.807) is 24.4 Å². The minimum Gasteiger partial charge on any atom is -0.478 e. The Kier molecular flexibility index (Phi) is 6.89. The first-order valence-electron chi connectivity index (χ1n) is 11.4. The van der Waals surface area contributed by atoms with Crippen molar-refractivity contribution in [2.75, 3.05) is 6.54 Å². The zero-order valence-corrected chi connectivity index (χ0v) is 18.6. The fraction of sp³-hybridized carbons (Fsp3) is 0.346. The first kappa shape index (κ1) is 22.7. The predicted octanol–water partition coefficient (Wildman–Crippen LogP) is 4.08. The Labute approximate surface area is 193 Å². The van der Waals surface area contributed by atoms with Crippen molar-refractivity contribution in [3.8, 4) is 11.3 Å². The van der Waals surface area contributed by atoms with E-state index in [4.69, 9.17) is 10.7 Å². The molecule has 0 spiro atoms. The normalized spacial score (nSPS) is 16.2. The van der Waals surface area contributed by atoms with Crippen molar-refractivity contribution < 1.29 is 14.7 Å². The largest absolute Gasteiger partial charge is 0.478 e. The van der Waals surface area contributed by atoms with Crippen LogP contribution in [-0.2, 0) is 11.2 Å². The molecule has 1 amide bonds. The van der Waals surface area contributed by atoms with E-state index in [1.807, 2.05) is 36.4 Å². The van der Waals surface area contributed by atoms with E-state index in [0.29, 0.717) is 30.0 Å². The number of carbonyl (C=O) groups is 2. The molecule has 1 aliphatic rings. The standard InChI is InChI=1S/C26H30N4O3/c27-17-26(12-5-2-6-13-26)25(33)30-21(14-18-8-3-1-4-9-18)23-28-16-22(29-23)19-10-7-11-20(15-19)24(31)32/h1,3-4,7-11,15-16,21H,2,5-6,12-14,17,27H2,(H,28,29)(H,30,33)(H,31,32). The Morgan fingerprint density at radius 3 is 2.55 bits per heavy atom. The minimum atomic E-state index is -0.985. The van der Waals surface area contributed by atoms with Gasteiger partial charge in [0.1, 0.15) is 5.82 Å². The Morgan fingerprint density at radius 2 is 1.85 bits per heavy atom. The summed E-state index contributed by atoms with van der Waals surface area (Å²) in [7, 11) is 0. The SMILES string of the molecule is NCC1(C(=O)NC(Cc2ccccc2)c2nc(-c3cccc(C(=O)O)c3)c[nH]2)CCCCC1. The number of carboxylic acid groups (broad SMARTS) is 1. The molecule has 5 N–H and O–H groups in total. The Bertz CT molecular complexity index is 1100. The number of hydrogen-bond donors (Lipinski definition) is 4. The molecule has 1 aromatic heterocycles. The molecular weight excluding hydrogens is 416 g/mol. The third-order valence-corrected chi connectivity index (χ3v) is 6.60. The lowest BCUT2D eigenvalue weighted by molar-refractivity contribution is -0.133. The summed E-state index contributed by atoms with van der Waals surface area (Å²) in [6.45, 7) is 0.336. The summed E-state index contributed by atoms with van der Waals surface area (Å²) < 4.78 is 0. The van der Waals surface area contributed by atoms with Crippen molar-refractivity contribution in [2.45, 2.75) is 44.6 Å². The summed E-state index contributed by atoms with van der Waals surface area (Å²) in [5.41, 5.74) is 8.18. The van der Waals surface area contributed by atoms with E-state index in [9.17, 15) is 14.7 Å². The number of aromatic amines is 1. The van der Waals surface area contributed by atoms with Gasteiger partial charge in [-0.25, -0.2) is 9.78 Å². The highest BCUT2D eigenvalue weighted by Gasteiger charge is 2.39. The van der Waals surface area contributed by atoms with E-state index >= 15 is 0 Å². The summed E-state index contributed by atoms with van der Waals surface area (Å²) in [6.07, 6.45) is 7.10. The van der Waals surface area contributed by atoms with Gasteiger partial charge in [-0.15, -0.1) is 0 Å². The van der Waals surface area contributed by atoms with E-state index in [-0.39, 0.29) is 17.5 Å². The van der Waals surface area contributed by atoms with Crippen LogP contribution in [0.25, 0.3) is 11.3 Å². The number of aromatic nitrogens is 2. The van der Waals surface area contributed by atoms with Crippen molar-refractivity contribution in [1.82, 2.24) is 15.3 Å². The highest BCUT2D eigenvalue weighted by molar-refractivity contribution is 5.89. The summed E-state index contributed by atoms with van der Waals surface area (Å²) >= 11 is 0. The second-order valence-corrected chi connectivity index (χ2v) is 8.82. The van der Waals surface area contributed by atoms with Gasteiger partial charge in [-0.2, -0.15) is 0 Å². The van der Waals surface area contributed by atoms with Crippen LogP contribution in [0.4, 0.5) is 0 Å². The van der Waals surface area contributed by atoms with Gasteiger partial charge in [0, 0.05) is 18.3 Å². The van der Waals surface area contributed by atoms with Gasteiger partial charge < -0.3 is 21.1 Å². The van der Waals surface area contributed by atoms with Crippen LogP contribution >= 0.6 is 0 Å². The summed E-state index contributed by atoms with van der Waals surface area (Å²) in [4.78, 5) is 32.7. The van der Waals surface area contributed by atoms with Crippen LogP contribution in [0.5, 0.6) is 0 Å². The Morgan fingerprint density at radius 1 is 1.09 bits per heavy atom. The molecule has 2 aromatic carbocycles. The predicted molar refractivity (Wildman–Crippen MR) is 127 cm³/mol. The van der Waals surface area contributed by atoms with Crippen molar-refractivity contribution in [1.29, 1.82) is 0 Å². The zero-order chi connectivity index (χ0) is 23.3. The number of benzene rings is 2. The van der Waals surface area contributed by atoms with Gasteiger partial charge in [0.2, 0.25) is 5.91 Å². The number of aromatic carboxylic acids is 1. The van der Waals surface area contributed by atoms with Crippen LogP contribution in [0.1, 0.15) is 59.9 Å². The molecule has 0 bridgehead atoms. The maximum absolute atomic E-state index is 13.4. The average molecular weight is 447 g/mol. The van der Waals surface area contributed by atoms with Gasteiger partial charge in [0.05, 0.1) is 22.7 Å². The molecule has 0 aliphatic heterocycles. The molecule has 4 rings (SSSR count). The number of hydrogen-bond acceptors (Lipinski definition) is 4. The number of amides is 1. The van der Waals surface area contributed by atoms with Crippen LogP contribution in [-0.4, -0.2) is 33.5 Å². The van der Waals surface area contributed by atoms with Crippen LogP contribution in [0, 0.1) is 5.41 Å². The van der Waals surface area contributed by atoms with E-state index in [2.05, 4.69) is 10.3 Å². The lowest BCUT2D eigenvalue weighted by Crippen LogP contribution is -2.48. The van der Waals surface area contributed by atoms with Gasteiger partial charge >= 0.3 is 5.97 Å². The number of rotatable bonds is 8. The molecule has 7 nitrogen and oxygen atoms in total. The molecule has 1 aliphatic carbocycles. The third kappa shape index (κ3) is 5.14. The monoisotopic (exact) mass is 446 g/mol. The van der Waals surface area contributed by atoms with Crippen LogP contribution in [0.3, 0.4) is 0 Å². The number of carboxylic acids is 1. The van der Waals surface area contributed by atoms with Gasteiger partial charge in [-0.1, -0.05) is 61.7 Å². The van der Waals surface area contributed by atoms with Crippen LogP contribution in [0.15, 0.2) is 60.8 Å². The van der Waals surface area contributed by atoms with Gasteiger partial charge in [0.25, 0.3) is 0 Å². The van der Waals surface area contributed by atoms with Gasteiger partial charge in [0.15, 0.2) is 0 Å². The van der Waals surface area contributed by atoms with Crippen LogP contribution < -0.4 is 11.1 Å². The fourth-order valence-electron chi connectivity index (χ4n) is 4.60. The summed E-state index contributed by atoms with van der Waals surface area (Å²) in [6, 6.07) is 16.3. The second kappa shape index (κ2) is 10.0.